The third-order valence-corrected chi connectivity index (χ3v) is 2.52. The molecule has 0 amide bonds. The first-order valence-corrected chi connectivity index (χ1v) is 6.59. The predicted octanol–water partition coefficient (Wildman–Crippen LogP) is -0.962. The third kappa shape index (κ3) is 7.51. The minimum absolute atomic E-state index is 0.255. The largest absolute Gasteiger partial charge is 0.389 e. The van der Waals surface area contributed by atoms with Gasteiger partial charge in [0.2, 0.25) is 0 Å². The Morgan fingerprint density at radius 1 is 1.30 bits per heavy atom. The number of methoxy groups -OCH3 is 2. The standard InChI is InChI=1S/C12H24N4O4/c1-18-4-3-13-7-11-8-16(15-14-11)9-12(17)10-20-6-5-19-2/h8,12-13,17H,3-7,9-10H2,1-2H3. The molecule has 1 atom stereocenters. The molecule has 1 aromatic rings. The molecular formula is C12H24N4O4. The fraction of sp³-hybridized carbons (Fsp3) is 0.833. The van der Waals surface area contributed by atoms with Crippen molar-refractivity contribution in [3.63, 3.8) is 0 Å². The van der Waals surface area contributed by atoms with E-state index in [9.17, 15) is 5.11 Å². The van der Waals surface area contributed by atoms with Crippen LogP contribution in [0.25, 0.3) is 0 Å². The van der Waals surface area contributed by atoms with E-state index in [1.54, 1.807) is 25.1 Å². The molecule has 0 aliphatic carbocycles. The van der Waals surface area contributed by atoms with Gasteiger partial charge in [0.25, 0.3) is 0 Å². The van der Waals surface area contributed by atoms with Crippen LogP contribution in [-0.2, 0) is 27.3 Å². The molecule has 1 unspecified atom stereocenters. The SMILES string of the molecule is COCCNCc1cn(CC(O)COCCOC)nn1. The molecule has 0 radical (unpaired) electrons. The summed E-state index contributed by atoms with van der Waals surface area (Å²) in [6.45, 7) is 3.66. The first-order chi connectivity index (χ1) is 9.76. The van der Waals surface area contributed by atoms with Gasteiger partial charge in [-0.05, 0) is 0 Å². The fourth-order valence-electron chi connectivity index (χ4n) is 1.53. The van der Waals surface area contributed by atoms with Crippen LogP contribution in [0.15, 0.2) is 6.20 Å². The number of nitrogens with zero attached hydrogens (tertiary/aromatic N) is 3. The van der Waals surface area contributed by atoms with Gasteiger partial charge in [-0.2, -0.15) is 0 Å². The number of hydrogen-bond acceptors (Lipinski definition) is 7. The maximum absolute atomic E-state index is 9.77. The lowest BCUT2D eigenvalue weighted by molar-refractivity contribution is 0.00579. The summed E-state index contributed by atoms with van der Waals surface area (Å²) in [6.07, 6.45) is 1.20. The average Bonchev–Trinajstić information content (AvgIpc) is 2.87. The lowest BCUT2D eigenvalue weighted by Crippen LogP contribution is -2.23. The molecule has 8 nitrogen and oxygen atoms in total. The van der Waals surface area contributed by atoms with Crippen LogP contribution in [0, 0.1) is 0 Å². The Hall–Kier alpha value is -1.06. The Labute approximate surface area is 119 Å². The van der Waals surface area contributed by atoms with Crippen molar-refractivity contribution in [3.8, 4) is 0 Å². The molecule has 116 valence electrons. The molecule has 1 rings (SSSR count). The van der Waals surface area contributed by atoms with Gasteiger partial charge in [-0.3, -0.25) is 0 Å². The van der Waals surface area contributed by atoms with Crippen LogP contribution in [0.1, 0.15) is 5.69 Å². The zero-order valence-electron chi connectivity index (χ0n) is 12.1. The summed E-state index contributed by atoms with van der Waals surface area (Å²) in [6, 6.07) is 0. The lowest BCUT2D eigenvalue weighted by atomic mass is 10.4. The molecule has 0 aliphatic heterocycles. The van der Waals surface area contributed by atoms with E-state index < -0.39 is 6.10 Å². The molecule has 8 heteroatoms. The van der Waals surface area contributed by atoms with Crippen LogP contribution >= 0.6 is 0 Å². The smallest absolute Gasteiger partial charge is 0.0969 e. The van der Waals surface area contributed by atoms with E-state index >= 15 is 0 Å². The van der Waals surface area contributed by atoms with Crippen molar-refractivity contribution in [1.29, 1.82) is 0 Å². The number of hydrogen-bond donors (Lipinski definition) is 2. The van der Waals surface area contributed by atoms with Crippen molar-refractivity contribution in [2.24, 2.45) is 0 Å². The molecule has 20 heavy (non-hydrogen) atoms. The van der Waals surface area contributed by atoms with E-state index in [4.69, 9.17) is 14.2 Å². The van der Waals surface area contributed by atoms with Crippen LogP contribution in [0.5, 0.6) is 0 Å². The van der Waals surface area contributed by atoms with E-state index in [1.807, 2.05) is 0 Å². The summed E-state index contributed by atoms with van der Waals surface area (Å²) in [5.74, 6) is 0. The zero-order chi connectivity index (χ0) is 14.6. The van der Waals surface area contributed by atoms with Crippen molar-refractivity contribution in [3.05, 3.63) is 11.9 Å². The van der Waals surface area contributed by atoms with Gasteiger partial charge in [0.15, 0.2) is 0 Å². The number of ether oxygens (including phenoxy) is 3. The first kappa shape index (κ1) is 17.0. The lowest BCUT2D eigenvalue weighted by Gasteiger charge is -2.10. The van der Waals surface area contributed by atoms with Gasteiger partial charge in [-0.15, -0.1) is 5.10 Å². The topological polar surface area (TPSA) is 90.7 Å². The van der Waals surface area contributed by atoms with E-state index in [1.165, 1.54) is 0 Å². The van der Waals surface area contributed by atoms with Crippen molar-refractivity contribution in [2.75, 3.05) is 47.2 Å². The van der Waals surface area contributed by atoms with Gasteiger partial charge < -0.3 is 24.6 Å². The summed E-state index contributed by atoms with van der Waals surface area (Å²) in [4.78, 5) is 0. The summed E-state index contributed by atoms with van der Waals surface area (Å²) < 4.78 is 16.6. The minimum Gasteiger partial charge on any atom is -0.389 e. The molecule has 0 aromatic carbocycles. The second-order valence-electron chi connectivity index (χ2n) is 4.32. The van der Waals surface area contributed by atoms with Crippen molar-refractivity contribution >= 4 is 0 Å². The Balaban J connectivity index is 2.18. The maximum Gasteiger partial charge on any atom is 0.0969 e. The van der Waals surface area contributed by atoms with Gasteiger partial charge in [0.05, 0.1) is 44.8 Å². The highest BCUT2D eigenvalue weighted by atomic mass is 16.5. The first-order valence-electron chi connectivity index (χ1n) is 6.59. The van der Waals surface area contributed by atoms with Gasteiger partial charge in [-0.1, -0.05) is 5.21 Å². The van der Waals surface area contributed by atoms with Crippen molar-refractivity contribution in [1.82, 2.24) is 20.3 Å². The van der Waals surface area contributed by atoms with Gasteiger partial charge in [0, 0.05) is 33.5 Å². The molecule has 2 N–H and O–H groups in total. The number of aromatic nitrogens is 3. The highest BCUT2D eigenvalue weighted by molar-refractivity contribution is 4.91. The second kappa shape index (κ2) is 10.7. The molecule has 0 fully saturated rings. The quantitative estimate of drug-likeness (QED) is 0.479. The van der Waals surface area contributed by atoms with Crippen LogP contribution in [0.2, 0.25) is 0 Å². The monoisotopic (exact) mass is 288 g/mol. The van der Waals surface area contributed by atoms with E-state index in [0.29, 0.717) is 32.9 Å². The van der Waals surface area contributed by atoms with Gasteiger partial charge in [-0.25, -0.2) is 4.68 Å². The normalized spacial score (nSPS) is 12.8. The molecule has 1 aromatic heterocycles. The molecular weight excluding hydrogens is 264 g/mol. The summed E-state index contributed by atoms with van der Waals surface area (Å²) >= 11 is 0. The van der Waals surface area contributed by atoms with Gasteiger partial charge >= 0.3 is 0 Å². The Morgan fingerprint density at radius 3 is 2.85 bits per heavy atom. The van der Waals surface area contributed by atoms with E-state index in [0.717, 1.165) is 12.2 Å². The number of rotatable bonds is 12. The molecule has 1 heterocycles. The third-order valence-electron chi connectivity index (χ3n) is 2.52. The highest BCUT2D eigenvalue weighted by Gasteiger charge is 2.07. The maximum atomic E-state index is 9.77. The van der Waals surface area contributed by atoms with Crippen LogP contribution in [0.4, 0.5) is 0 Å². The number of aliphatic hydroxyl groups is 1. The number of nitrogens with one attached hydrogen (secondary N) is 1. The molecule has 0 saturated heterocycles. The zero-order valence-corrected chi connectivity index (χ0v) is 12.1. The summed E-state index contributed by atoms with van der Waals surface area (Å²) in [5.41, 5.74) is 0.827. The Bertz CT molecular complexity index is 348. The molecule has 0 aliphatic rings. The molecule has 0 saturated carbocycles. The molecule has 0 bridgehead atoms. The Kier molecular flexibility index (Phi) is 9.09. The van der Waals surface area contributed by atoms with Gasteiger partial charge in [0.1, 0.15) is 0 Å². The van der Waals surface area contributed by atoms with Crippen LogP contribution in [0.3, 0.4) is 0 Å². The molecule has 0 spiro atoms. The fourth-order valence-corrected chi connectivity index (χ4v) is 1.53. The average molecular weight is 288 g/mol. The summed E-state index contributed by atoms with van der Waals surface area (Å²) in [7, 11) is 3.27. The van der Waals surface area contributed by atoms with Crippen molar-refractivity contribution in [2.45, 2.75) is 19.2 Å². The summed E-state index contributed by atoms with van der Waals surface area (Å²) in [5, 5.41) is 20.9. The predicted molar refractivity (Wildman–Crippen MR) is 72.3 cm³/mol. The van der Waals surface area contributed by atoms with Crippen LogP contribution in [-0.4, -0.2) is 73.4 Å². The second-order valence-corrected chi connectivity index (χ2v) is 4.32. The van der Waals surface area contributed by atoms with Crippen molar-refractivity contribution < 1.29 is 19.3 Å². The van der Waals surface area contributed by atoms with E-state index in [2.05, 4.69) is 15.6 Å². The Morgan fingerprint density at radius 2 is 2.10 bits per heavy atom. The van der Waals surface area contributed by atoms with Crippen LogP contribution < -0.4 is 5.32 Å². The minimum atomic E-state index is -0.608. The van der Waals surface area contributed by atoms with E-state index in [-0.39, 0.29) is 6.61 Å². The highest BCUT2D eigenvalue weighted by Crippen LogP contribution is 1.96. The number of aliphatic hydroxyl groups excluding tert-OH is 1.